The lowest BCUT2D eigenvalue weighted by molar-refractivity contribution is -0.134. The van der Waals surface area contributed by atoms with Crippen LogP contribution in [0.5, 0.6) is 0 Å². The maximum Gasteiger partial charge on any atom is 0.245 e. The number of nitrogens with one attached hydrogen (secondary N) is 1. The molecule has 1 aromatic heterocycles. The third-order valence-corrected chi connectivity index (χ3v) is 7.29. The minimum absolute atomic E-state index is 0.0843. The highest BCUT2D eigenvalue weighted by Crippen LogP contribution is 2.29. The van der Waals surface area contributed by atoms with Gasteiger partial charge in [-0.15, -0.1) is 11.8 Å². The number of benzene rings is 3. The van der Waals surface area contributed by atoms with E-state index in [0.717, 1.165) is 10.5 Å². The Kier molecular flexibility index (Phi) is 8.92. The first-order valence-electron chi connectivity index (χ1n) is 11.7. The Morgan fingerprint density at radius 3 is 2.27 bits per heavy atom. The lowest BCUT2D eigenvalue weighted by Crippen LogP contribution is -2.43. The maximum atomic E-state index is 13.2. The first kappa shape index (κ1) is 26.8. The number of carbonyl (C=O) groups excluding carboxylic acids is 2. The van der Waals surface area contributed by atoms with E-state index in [1.54, 1.807) is 33.8 Å². The summed E-state index contributed by atoms with van der Waals surface area (Å²) in [4.78, 5) is 28.7. The van der Waals surface area contributed by atoms with E-state index in [0.29, 0.717) is 27.2 Å². The Morgan fingerprint density at radius 1 is 0.946 bits per heavy atom. The van der Waals surface area contributed by atoms with E-state index in [1.165, 1.54) is 11.8 Å². The van der Waals surface area contributed by atoms with Crippen LogP contribution in [0.15, 0.2) is 89.8 Å². The molecule has 1 heterocycles. The van der Waals surface area contributed by atoms with E-state index < -0.39 is 0 Å². The van der Waals surface area contributed by atoms with Crippen molar-refractivity contribution in [3.63, 3.8) is 0 Å². The molecule has 4 aromatic rings. The molecule has 0 spiro atoms. The van der Waals surface area contributed by atoms with Gasteiger partial charge in [0, 0.05) is 22.6 Å². The molecular formula is C28H26Cl2N4O2S. The zero-order valence-corrected chi connectivity index (χ0v) is 22.7. The molecule has 0 aliphatic heterocycles. The molecule has 0 bridgehead atoms. The standard InChI is InChI=1S/C28H26Cl2N4O2S/c1-19(2)33(28(36)18-37-22-11-7-4-8-12-22)17-27(35)31-26-16-25(20-9-5-3-6-10-20)32-34(26)21-13-14-23(29)24(30)15-21/h3-16,19H,17-18H2,1-2H3,(H,31,35). The Balaban J connectivity index is 1.54. The fraction of sp³-hybridized carbons (Fsp3) is 0.179. The largest absolute Gasteiger partial charge is 0.330 e. The molecule has 1 N–H and O–H groups in total. The number of thioether (sulfide) groups is 1. The maximum absolute atomic E-state index is 13.2. The van der Waals surface area contributed by atoms with Crippen LogP contribution in [0.25, 0.3) is 16.9 Å². The molecule has 0 aliphatic rings. The summed E-state index contributed by atoms with van der Waals surface area (Å²) in [5.74, 6) is 0.265. The first-order chi connectivity index (χ1) is 17.8. The molecule has 0 radical (unpaired) electrons. The van der Waals surface area contributed by atoms with Gasteiger partial charge in [-0.2, -0.15) is 5.10 Å². The molecule has 0 fully saturated rings. The molecule has 0 unspecified atom stereocenters. The van der Waals surface area contributed by atoms with E-state index in [1.807, 2.05) is 74.5 Å². The lowest BCUT2D eigenvalue weighted by atomic mass is 10.1. The van der Waals surface area contributed by atoms with E-state index in [2.05, 4.69) is 5.32 Å². The summed E-state index contributed by atoms with van der Waals surface area (Å²) in [6.45, 7) is 3.71. The van der Waals surface area contributed by atoms with E-state index in [4.69, 9.17) is 28.3 Å². The number of hydrogen-bond donors (Lipinski definition) is 1. The topological polar surface area (TPSA) is 67.2 Å². The molecule has 6 nitrogen and oxygen atoms in total. The fourth-order valence-electron chi connectivity index (χ4n) is 3.67. The normalized spacial score (nSPS) is 10.9. The van der Waals surface area contributed by atoms with Crippen molar-refractivity contribution in [3.8, 4) is 16.9 Å². The summed E-state index contributed by atoms with van der Waals surface area (Å²) < 4.78 is 1.61. The summed E-state index contributed by atoms with van der Waals surface area (Å²) in [6, 6.07) is 26.2. The summed E-state index contributed by atoms with van der Waals surface area (Å²) in [6.07, 6.45) is 0. The molecule has 190 valence electrons. The quantitative estimate of drug-likeness (QED) is 0.231. The fourth-order valence-corrected chi connectivity index (χ4v) is 4.77. The van der Waals surface area contributed by atoms with E-state index in [9.17, 15) is 9.59 Å². The predicted octanol–water partition coefficient (Wildman–Crippen LogP) is 6.81. The average Bonchev–Trinajstić information content (AvgIpc) is 3.32. The van der Waals surface area contributed by atoms with Crippen LogP contribution in [0.3, 0.4) is 0 Å². The van der Waals surface area contributed by atoms with Gasteiger partial charge in [0.1, 0.15) is 12.4 Å². The van der Waals surface area contributed by atoms with Gasteiger partial charge in [-0.25, -0.2) is 4.68 Å². The van der Waals surface area contributed by atoms with Crippen molar-refractivity contribution in [1.82, 2.24) is 14.7 Å². The molecule has 0 saturated heterocycles. The van der Waals surface area contributed by atoms with Gasteiger partial charge < -0.3 is 10.2 Å². The minimum Gasteiger partial charge on any atom is -0.330 e. The Hall–Kier alpha value is -3.26. The van der Waals surface area contributed by atoms with Crippen molar-refractivity contribution < 1.29 is 9.59 Å². The van der Waals surface area contributed by atoms with Crippen LogP contribution in [0, 0.1) is 0 Å². The highest BCUT2D eigenvalue weighted by atomic mass is 35.5. The van der Waals surface area contributed by atoms with Crippen molar-refractivity contribution in [2.45, 2.75) is 24.8 Å². The highest BCUT2D eigenvalue weighted by molar-refractivity contribution is 8.00. The Bertz CT molecular complexity index is 1380. The highest BCUT2D eigenvalue weighted by Gasteiger charge is 2.22. The van der Waals surface area contributed by atoms with Gasteiger partial charge in [0.25, 0.3) is 0 Å². The SMILES string of the molecule is CC(C)N(CC(=O)Nc1cc(-c2ccccc2)nn1-c1ccc(Cl)c(Cl)c1)C(=O)CSc1ccccc1. The molecule has 0 saturated carbocycles. The smallest absolute Gasteiger partial charge is 0.245 e. The molecule has 0 atom stereocenters. The van der Waals surface area contributed by atoms with Gasteiger partial charge in [-0.3, -0.25) is 9.59 Å². The number of aromatic nitrogens is 2. The van der Waals surface area contributed by atoms with Crippen LogP contribution in [0.1, 0.15) is 13.8 Å². The van der Waals surface area contributed by atoms with Crippen LogP contribution in [-0.2, 0) is 9.59 Å². The number of halogens is 2. The third kappa shape index (κ3) is 6.95. The van der Waals surface area contributed by atoms with Crippen molar-refractivity contribution in [3.05, 3.63) is 95.0 Å². The van der Waals surface area contributed by atoms with Crippen LogP contribution < -0.4 is 5.32 Å². The second-order valence-corrected chi connectivity index (χ2v) is 10.4. The van der Waals surface area contributed by atoms with Gasteiger partial charge in [0.05, 0.1) is 27.2 Å². The zero-order chi connectivity index (χ0) is 26.4. The van der Waals surface area contributed by atoms with Gasteiger partial charge in [0.2, 0.25) is 11.8 Å². The summed E-state index contributed by atoms with van der Waals surface area (Å²) in [5.41, 5.74) is 2.22. The number of nitrogens with zero attached hydrogens (tertiary/aromatic N) is 3. The van der Waals surface area contributed by atoms with Crippen molar-refractivity contribution in [1.29, 1.82) is 0 Å². The second-order valence-electron chi connectivity index (χ2n) is 8.56. The first-order valence-corrected chi connectivity index (χ1v) is 13.4. The van der Waals surface area contributed by atoms with E-state index >= 15 is 0 Å². The van der Waals surface area contributed by atoms with Crippen LogP contribution in [-0.4, -0.2) is 44.8 Å². The predicted molar refractivity (Wildman–Crippen MR) is 152 cm³/mol. The van der Waals surface area contributed by atoms with E-state index in [-0.39, 0.29) is 30.2 Å². The lowest BCUT2D eigenvalue weighted by Gasteiger charge is -2.26. The number of carbonyl (C=O) groups is 2. The number of rotatable bonds is 9. The molecule has 4 rings (SSSR count). The molecule has 0 aliphatic carbocycles. The average molecular weight is 554 g/mol. The zero-order valence-electron chi connectivity index (χ0n) is 20.4. The third-order valence-electron chi connectivity index (χ3n) is 5.56. The van der Waals surface area contributed by atoms with Crippen LogP contribution in [0.2, 0.25) is 10.0 Å². The van der Waals surface area contributed by atoms with Gasteiger partial charge in [-0.1, -0.05) is 71.7 Å². The van der Waals surface area contributed by atoms with Gasteiger partial charge >= 0.3 is 0 Å². The van der Waals surface area contributed by atoms with Crippen molar-refractivity contribution in [2.75, 3.05) is 17.6 Å². The minimum atomic E-state index is -0.326. The number of amides is 2. The molecule has 3 aromatic carbocycles. The molecule has 9 heteroatoms. The van der Waals surface area contributed by atoms with Crippen molar-refractivity contribution >= 4 is 52.6 Å². The van der Waals surface area contributed by atoms with Crippen molar-refractivity contribution in [2.24, 2.45) is 0 Å². The molecule has 2 amide bonds. The molecule has 37 heavy (non-hydrogen) atoms. The Morgan fingerprint density at radius 2 is 1.62 bits per heavy atom. The summed E-state index contributed by atoms with van der Waals surface area (Å²) in [5, 5.41) is 8.43. The van der Waals surface area contributed by atoms with Crippen LogP contribution >= 0.6 is 35.0 Å². The number of anilines is 1. The monoisotopic (exact) mass is 552 g/mol. The van der Waals surface area contributed by atoms with Crippen LogP contribution in [0.4, 0.5) is 5.82 Å². The van der Waals surface area contributed by atoms with Gasteiger partial charge in [-0.05, 0) is 44.2 Å². The van der Waals surface area contributed by atoms with Gasteiger partial charge in [0.15, 0.2) is 0 Å². The second kappa shape index (κ2) is 12.3. The summed E-state index contributed by atoms with van der Waals surface area (Å²) in [7, 11) is 0. The summed E-state index contributed by atoms with van der Waals surface area (Å²) >= 11 is 13.8. The molecular weight excluding hydrogens is 527 g/mol. The number of hydrogen-bond acceptors (Lipinski definition) is 4. The Labute approximate surface area is 230 Å².